The monoisotopic (exact) mass is 276 g/mol. The second-order valence-electron chi connectivity index (χ2n) is 4.06. The molecule has 1 aromatic carbocycles. The van der Waals surface area contributed by atoms with Crippen LogP contribution >= 0.6 is 11.6 Å². The lowest BCUT2D eigenvalue weighted by molar-refractivity contribution is 0.0926. The molecule has 0 aliphatic heterocycles. The van der Waals surface area contributed by atoms with Gasteiger partial charge < -0.3 is 4.42 Å². The number of nitrogens with one attached hydrogen (secondary N) is 1. The Hall–Kier alpha value is -2.07. The highest BCUT2D eigenvalue weighted by Crippen LogP contribution is 2.10. The number of amides is 1. The number of furan rings is 1. The van der Waals surface area contributed by atoms with Crippen molar-refractivity contribution in [2.75, 3.05) is 0 Å². The van der Waals surface area contributed by atoms with E-state index in [1.165, 1.54) is 0 Å². The van der Waals surface area contributed by atoms with Gasteiger partial charge in [0.2, 0.25) is 0 Å². The minimum absolute atomic E-state index is 0.241. The molecule has 0 fully saturated rings. The highest BCUT2D eigenvalue weighted by atomic mass is 35.5. The van der Waals surface area contributed by atoms with Crippen molar-refractivity contribution in [3.63, 3.8) is 0 Å². The quantitative estimate of drug-likeness (QED) is 0.690. The van der Waals surface area contributed by atoms with Crippen molar-refractivity contribution in [3.8, 4) is 0 Å². The van der Waals surface area contributed by atoms with Gasteiger partial charge in [-0.15, -0.1) is 0 Å². The standard InChI is InChI=1S/C14H13ClN2O2/c1-9-3-8-13(19-9)14(18)17-16-10(2)11-4-6-12(15)7-5-11/h3-8H,1-2H3,(H,17,18). The number of benzene rings is 1. The van der Waals surface area contributed by atoms with E-state index in [0.717, 1.165) is 5.56 Å². The number of carbonyl (C=O) groups is 1. The van der Waals surface area contributed by atoms with Crippen LogP contribution in [-0.2, 0) is 0 Å². The number of carbonyl (C=O) groups excluding carboxylic acids is 1. The zero-order valence-corrected chi connectivity index (χ0v) is 11.4. The lowest BCUT2D eigenvalue weighted by Gasteiger charge is -2.01. The summed E-state index contributed by atoms with van der Waals surface area (Å²) >= 11 is 5.80. The molecular formula is C14H13ClN2O2. The van der Waals surface area contributed by atoms with Gasteiger partial charge in [-0.3, -0.25) is 4.79 Å². The second kappa shape index (κ2) is 5.71. The summed E-state index contributed by atoms with van der Waals surface area (Å²) in [6.07, 6.45) is 0. The fourth-order valence-electron chi connectivity index (χ4n) is 1.50. The molecule has 0 unspecified atom stereocenters. The van der Waals surface area contributed by atoms with E-state index in [1.807, 2.05) is 12.1 Å². The van der Waals surface area contributed by atoms with Gasteiger partial charge in [0.05, 0.1) is 5.71 Å². The van der Waals surface area contributed by atoms with Gasteiger partial charge in [0.15, 0.2) is 5.76 Å². The maximum Gasteiger partial charge on any atom is 0.307 e. The molecular weight excluding hydrogens is 264 g/mol. The predicted octanol–water partition coefficient (Wildman–Crippen LogP) is 3.40. The molecule has 1 heterocycles. The Kier molecular flexibility index (Phi) is 4.02. The van der Waals surface area contributed by atoms with Crippen molar-refractivity contribution >= 4 is 23.2 Å². The van der Waals surface area contributed by atoms with E-state index < -0.39 is 0 Å². The van der Waals surface area contributed by atoms with Gasteiger partial charge in [0.25, 0.3) is 0 Å². The summed E-state index contributed by atoms with van der Waals surface area (Å²) in [6.45, 7) is 3.58. The van der Waals surface area contributed by atoms with Crippen molar-refractivity contribution < 1.29 is 9.21 Å². The molecule has 19 heavy (non-hydrogen) atoms. The van der Waals surface area contributed by atoms with E-state index in [-0.39, 0.29) is 11.7 Å². The third-order valence-corrected chi connectivity index (χ3v) is 2.80. The first-order chi connectivity index (χ1) is 9.06. The van der Waals surface area contributed by atoms with Crippen molar-refractivity contribution in [2.45, 2.75) is 13.8 Å². The molecule has 98 valence electrons. The molecule has 1 amide bonds. The molecule has 0 saturated carbocycles. The molecule has 0 radical (unpaired) electrons. The summed E-state index contributed by atoms with van der Waals surface area (Å²) in [4.78, 5) is 11.7. The number of hydrogen-bond acceptors (Lipinski definition) is 3. The Labute approximate surface area is 116 Å². The predicted molar refractivity (Wildman–Crippen MR) is 74.6 cm³/mol. The van der Waals surface area contributed by atoms with Gasteiger partial charge in [0.1, 0.15) is 5.76 Å². The van der Waals surface area contributed by atoms with E-state index in [1.54, 1.807) is 38.1 Å². The van der Waals surface area contributed by atoms with Gasteiger partial charge in [-0.2, -0.15) is 5.10 Å². The molecule has 4 nitrogen and oxygen atoms in total. The minimum Gasteiger partial charge on any atom is -0.456 e. The van der Waals surface area contributed by atoms with Crippen LogP contribution in [0.3, 0.4) is 0 Å². The highest BCUT2D eigenvalue weighted by molar-refractivity contribution is 6.30. The molecule has 1 N–H and O–H groups in total. The molecule has 2 rings (SSSR count). The molecule has 0 spiro atoms. The first-order valence-corrected chi connectivity index (χ1v) is 6.11. The molecule has 0 bridgehead atoms. The number of aryl methyl sites for hydroxylation is 1. The minimum atomic E-state index is -0.374. The number of hydrogen-bond donors (Lipinski definition) is 1. The van der Waals surface area contributed by atoms with Crippen LogP contribution in [0.15, 0.2) is 45.9 Å². The summed E-state index contributed by atoms with van der Waals surface area (Å²) in [5, 5.41) is 4.68. The van der Waals surface area contributed by atoms with Crippen molar-refractivity contribution in [1.82, 2.24) is 5.43 Å². The topological polar surface area (TPSA) is 54.6 Å². The van der Waals surface area contributed by atoms with Crippen molar-refractivity contribution in [1.29, 1.82) is 0 Å². The van der Waals surface area contributed by atoms with Crippen LogP contribution in [-0.4, -0.2) is 11.6 Å². The van der Waals surface area contributed by atoms with Crippen LogP contribution in [0, 0.1) is 6.92 Å². The second-order valence-corrected chi connectivity index (χ2v) is 4.49. The van der Waals surface area contributed by atoms with Crippen LogP contribution in [0.25, 0.3) is 0 Å². The molecule has 0 saturated heterocycles. The average Bonchev–Trinajstić information content (AvgIpc) is 2.83. The first kappa shape index (κ1) is 13.4. The zero-order valence-electron chi connectivity index (χ0n) is 10.6. The van der Waals surface area contributed by atoms with Gasteiger partial charge >= 0.3 is 5.91 Å². The summed E-state index contributed by atoms with van der Waals surface area (Å²) < 4.78 is 5.20. The summed E-state index contributed by atoms with van der Waals surface area (Å²) in [5.74, 6) is 0.551. The number of nitrogens with zero attached hydrogens (tertiary/aromatic N) is 1. The zero-order chi connectivity index (χ0) is 13.8. The van der Waals surface area contributed by atoms with Crippen molar-refractivity contribution in [2.24, 2.45) is 5.10 Å². The van der Waals surface area contributed by atoms with Crippen LogP contribution in [0.2, 0.25) is 5.02 Å². The number of rotatable bonds is 3. The Balaban J connectivity index is 2.06. The van der Waals surface area contributed by atoms with E-state index in [0.29, 0.717) is 16.5 Å². The van der Waals surface area contributed by atoms with E-state index in [2.05, 4.69) is 10.5 Å². The van der Waals surface area contributed by atoms with Gasteiger partial charge in [-0.1, -0.05) is 23.7 Å². The fourth-order valence-corrected chi connectivity index (χ4v) is 1.63. The lowest BCUT2D eigenvalue weighted by atomic mass is 10.1. The number of halogens is 1. The van der Waals surface area contributed by atoms with E-state index in [4.69, 9.17) is 16.0 Å². The van der Waals surface area contributed by atoms with E-state index >= 15 is 0 Å². The third-order valence-electron chi connectivity index (χ3n) is 2.55. The van der Waals surface area contributed by atoms with Crippen LogP contribution in [0.4, 0.5) is 0 Å². The lowest BCUT2D eigenvalue weighted by Crippen LogP contribution is -2.18. The maximum absolute atomic E-state index is 11.7. The Morgan fingerprint density at radius 3 is 2.47 bits per heavy atom. The summed E-state index contributed by atoms with van der Waals surface area (Å²) in [6, 6.07) is 10.6. The molecule has 0 aliphatic rings. The summed E-state index contributed by atoms with van der Waals surface area (Å²) in [7, 11) is 0. The van der Waals surface area contributed by atoms with Gasteiger partial charge in [-0.05, 0) is 43.7 Å². The number of hydrazone groups is 1. The average molecular weight is 277 g/mol. The van der Waals surface area contributed by atoms with Crippen molar-refractivity contribution in [3.05, 3.63) is 58.5 Å². The SMILES string of the molecule is CC(=NNC(=O)c1ccc(C)o1)c1ccc(Cl)cc1. The fraction of sp³-hybridized carbons (Fsp3) is 0.143. The van der Waals surface area contributed by atoms with Gasteiger partial charge in [-0.25, -0.2) is 5.43 Å². The van der Waals surface area contributed by atoms with E-state index in [9.17, 15) is 4.79 Å². The molecule has 0 aliphatic carbocycles. The smallest absolute Gasteiger partial charge is 0.307 e. The third kappa shape index (κ3) is 3.45. The Bertz CT molecular complexity index is 615. The van der Waals surface area contributed by atoms with Crippen LogP contribution in [0.1, 0.15) is 28.8 Å². The first-order valence-electron chi connectivity index (χ1n) is 5.73. The molecule has 1 aromatic heterocycles. The normalized spacial score (nSPS) is 11.4. The Morgan fingerprint density at radius 1 is 1.21 bits per heavy atom. The molecule has 2 aromatic rings. The maximum atomic E-state index is 11.7. The molecule has 5 heteroatoms. The Morgan fingerprint density at radius 2 is 1.89 bits per heavy atom. The van der Waals surface area contributed by atoms with Gasteiger partial charge in [0, 0.05) is 5.02 Å². The van der Waals surface area contributed by atoms with Crippen LogP contribution in [0.5, 0.6) is 0 Å². The summed E-state index contributed by atoms with van der Waals surface area (Å²) in [5.41, 5.74) is 4.02. The van der Waals surface area contributed by atoms with Crippen LogP contribution < -0.4 is 5.43 Å². The highest BCUT2D eigenvalue weighted by Gasteiger charge is 2.08. The largest absolute Gasteiger partial charge is 0.456 e. The molecule has 0 atom stereocenters.